The first kappa shape index (κ1) is 13.7. The molecule has 19 heavy (non-hydrogen) atoms. The van der Waals surface area contributed by atoms with Crippen molar-refractivity contribution in [3.63, 3.8) is 0 Å². The van der Waals surface area contributed by atoms with Gasteiger partial charge in [-0.15, -0.1) is 0 Å². The summed E-state index contributed by atoms with van der Waals surface area (Å²) in [5, 5.41) is 2.93. The number of carbonyl (C=O) groups excluding carboxylic acids is 1. The van der Waals surface area contributed by atoms with Gasteiger partial charge in [0.15, 0.2) is 0 Å². The zero-order valence-corrected chi connectivity index (χ0v) is 11.3. The Morgan fingerprint density at radius 2 is 2.42 bits per heavy atom. The third kappa shape index (κ3) is 3.61. The van der Waals surface area contributed by atoms with Gasteiger partial charge < -0.3 is 20.7 Å². The monoisotopic (exact) mass is 263 g/mol. The van der Waals surface area contributed by atoms with Crippen LogP contribution < -0.4 is 15.8 Å². The quantitative estimate of drug-likeness (QED) is 0.857. The summed E-state index contributed by atoms with van der Waals surface area (Å²) in [5.74, 6) is 1.25. The number of nitrogens with two attached hydrogens (primary N) is 1. The third-order valence-corrected chi connectivity index (χ3v) is 3.48. The minimum Gasteiger partial charge on any atom is -0.497 e. The lowest BCUT2D eigenvalue weighted by Crippen LogP contribution is -2.38. The van der Waals surface area contributed by atoms with Gasteiger partial charge in [0, 0.05) is 19.6 Å². The highest BCUT2D eigenvalue weighted by atomic mass is 16.5. The molecule has 3 N–H and O–H groups in total. The predicted molar refractivity (Wildman–Crippen MR) is 74.0 cm³/mol. The Balaban J connectivity index is 1.83. The number of ether oxygens (including phenoxy) is 1. The molecule has 5 heteroatoms. The number of amides is 2. The molecule has 1 unspecified atom stereocenters. The molecule has 0 saturated carbocycles. The Morgan fingerprint density at radius 3 is 3.11 bits per heavy atom. The number of rotatable bonds is 4. The highest BCUT2D eigenvalue weighted by Crippen LogP contribution is 2.15. The Labute approximate surface area is 113 Å². The molecule has 0 radical (unpaired) electrons. The van der Waals surface area contributed by atoms with Crippen LogP contribution in [0.2, 0.25) is 0 Å². The molecular formula is C14H21N3O2. The van der Waals surface area contributed by atoms with E-state index in [9.17, 15) is 4.79 Å². The molecule has 1 heterocycles. The van der Waals surface area contributed by atoms with Crippen LogP contribution >= 0.6 is 0 Å². The molecule has 0 spiro atoms. The minimum absolute atomic E-state index is 0.0150. The lowest BCUT2D eigenvalue weighted by molar-refractivity contribution is 0.206. The molecule has 2 amide bonds. The Kier molecular flexibility index (Phi) is 4.63. The molecule has 1 atom stereocenters. The average molecular weight is 263 g/mol. The van der Waals surface area contributed by atoms with E-state index in [2.05, 4.69) is 5.32 Å². The maximum absolute atomic E-state index is 12.0. The largest absolute Gasteiger partial charge is 0.497 e. The lowest BCUT2D eigenvalue weighted by Gasteiger charge is -2.17. The number of urea groups is 1. The number of carbonyl (C=O) groups is 1. The van der Waals surface area contributed by atoms with Gasteiger partial charge in [0.2, 0.25) is 0 Å². The van der Waals surface area contributed by atoms with E-state index in [1.165, 1.54) is 0 Å². The van der Waals surface area contributed by atoms with Crippen molar-refractivity contribution >= 4 is 6.03 Å². The summed E-state index contributed by atoms with van der Waals surface area (Å²) in [6, 6.07) is 7.68. The fraction of sp³-hybridized carbons (Fsp3) is 0.500. The fourth-order valence-corrected chi connectivity index (χ4v) is 2.28. The smallest absolute Gasteiger partial charge is 0.317 e. The summed E-state index contributed by atoms with van der Waals surface area (Å²) in [7, 11) is 1.63. The van der Waals surface area contributed by atoms with Crippen LogP contribution in [-0.2, 0) is 6.54 Å². The van der Waals surface area contributed by atoms with E-state index in [0.29, 0.717) is 19.0 Å². The van der Waals surface area contributed by atoms with Gasteiger partial charge in [-0.2, -0.15) is 0 Å². The van der Waals surface area contributed by atoms with Crippen LogP contribution in [0.1, 0.15) is 12.0 Å². The van der Waals surface area contributed by atoms with Crippen molar-refractivity contribution in [3.8, 4) is 5.75 Å². The zero-order chi connectivity index (χ0) is 13.7. The Morgan fingerprint density at radius 1 is 1.58 bits per heavy atom. The number of benzene rings is 1. The van der Waals surface area contributed by atoms with E-state index >= 15 is 0 Å². The Hall–Kier alpha value is -1.75. The van der Waals surface area contributed by atoms with Crippen LogP contribution in [0.5, 0.6) is 5.75 Å². The van der Waals surface area contributed by atoms with Gasteiger partial charge in [0.05, 0.1) is 7.11 Å². The molecule has 1 aromatic carbocycles. The minimum atomic E-state index is -0.0150. The molecule has 0 aliphatic carbocycles. The highest BCUT2D eigenvalue weighted by Gasteiger charge is 2.24. The van der Waals surface area contributed by atoms with Crippen molar-refractivity contribution in [1.82, 2.24) is 10.2 Å². The number of nitrogens with one attached hydrogen (secondary N) is 1. The second kappa shape index (κ2) is 6.43. The Bertz CT molecular complexity index is 436. The summed E-state index contributed by atoms with van der Waals surface area (Å²) < 4.78 is 5.15. The molecule has 104 valence electrons. The maximum Gasteiger partial charge on any atom is 0.317 e. The predicted octanol–water partition coefficient (Wildman–Crippen LogP) is 1.19. The van der Waals surface area contributed by atoms with Crippen LogP contribution in [0.15, 0.2) is 24.3 Å². The van der Waals surface area contributed by atoms with Crippen molar-refractivity contribution < 1.29 is 9.53 Å². The van der Waals surface area contributed by atoms with E-state index in [1.807, 2.05) is 29.2 Å². The molecule has 0 bridgehead atoms. The van der Waals surface area contributed by atoms with Crippen molar-refractivity contribution in [3.05, 3.63) is 29.8 Å². The van der Waals surface area contributed by atoms with E-state index in [-0.39, 0.29) is 6.03 Å². The molecule has 1 saturated heterocycles. The first-order chi connectivity index (χ1) is 9.22. The lowest BCUT2D eigenvalue weighted by atomic mass is 10.1. The van der Waals surface area contributed by atoms with Crippen LogP contribution in [0.4, 0.5) is 4.79 Å². The topological polar surface area (TPSA) is 67.6 Å². The summed E-state index contributed by atoms with van der Waals surface area (Å²) in [6.45, 7) is 2.73. The van der Waals surface area contributed by atoms with Gasteiger partial charge in [-0.25, -0.2) is 4.79 Å². The first-order valence-corrected chi connectivity index (χ1v) is 6.58. The molecule has 1 aliphatic rings. The van der Waals surface area contributed by atoms with Crippen molar-refractivity contribution in [2.24, 2.45) is 11.7 Å². The number of methoxy groups -OCH3 is 1. The van der Waals surface area contributed by atoms with Crippen LogP contribution in [0, 0.1) is 5.92 Å². The van der Waals surface area contributed by atoms with Crippen molar-refractivity contribution in [1.29, 1.82) is 0 Å². The van der Waals surface area contributed by atoms with E-state index < -0.39 is 0 Å². The molecule has 2 rings (SSSR count). The van der Waals surface area contributed by atoms with Gasteiger partial charge >= 0.3 is 6.03 Å². The first-order valence-electron chi connectivity index (χ1n) is 6.58. The SMILES string of the molecule is COc1cccc(CNC(=O)N2CCC(CN)C2)c1. The number of hydrogen-bond donors (Lipinski definition) is 2. The second-order valence-corrected chi connectivity index (χ2v) is 4.85. The average Bonchev–Trinajstić information content (AvgIpc) is 2.94. The van der Waals surface area contributed by atoms with Crippen LogP contribution in [0.25, 0.3) is 0 Å². The van der Waals surface area contributed by atoms with Gasteiger partial charge in [0.25, 0.3) is 0 Å². The summed E-state index contributed by atoms with van der Waals surface area (Å²) >= 11 is 0. The van der Waals surface area contributed by atoms with Crippen LogP contribution in [0.3, 0.4) is 0 Å². The summed E-state index contributed by atoms with van der Waals surface area (Å²) in [4.78, 5) is 13.8. The van der Waals surface area contributed by atoms with Gasteiger partial charge in [-0.05, 0) is 36.6 Å². The highest BCUT2D eigenvalue weighted by molar-refractivity contribution is 5.74. The standard InChI is InChI=1S/C14H21N3O2/c1-19-13-4-2-3-11(7-13)9-16-14(18)17-6-5-12(8-15)10-17/h2-4,7,12H,5-6,8-10,15H2,1H3,(H,16,18). The summed E-state index contributed by atoms with van der Waals surface area (Å²) in [5.41, 5.74) is 6.65. The van der Waals surface area contributed by atoms with E-state index in [0.717, 1.165) is 30.8 Å². The number of likely N-dealkylation sites (tertiary alicyclic amines) is 1. The summed E-state index contributed by atoms with van der Waals surface area (Å²) in [6.07, 6.45) is 1.00. The van der Waals surface area contributed by atoms with Crippen molar-refractivity contribution in [2.45, 2.75) is 13.0 Å². The zero-order valence-electron chi connectivity index (χ0n) is 11.3. The molecule has 5 nitrogen and oxygen atoms in total. The molecule has 1 aliphatic heterocycles. The maximum atomic E-state index is 12.0. The van der Waals surface area contributed by atoms with Gasteiger partial charge in [-0.3, -0.25) is 0 Å². The number of nitrogens with zero attached hydrogens (tertiary/aromatic N) is 1. The third-order valence-electron chi connectivity index (χ3n) is 3.48. The molecule has 0 aromatic heterocycles. The van der Waals surface area contributed by atoms with Gasteiger partial charge in [0.1, 0.15) is 5.75 Å². The normalized spacial score (nSPS) is 18.4. The molecule has 1 fully saturated rings. The number of hydrogen-bond acceptors (Lipinski definition) is 3. The molecule has 1 aromatic rings. The van der Waals surface area contributed by atoms with Crippen molar-refractivity contribution in [2.75, 3.05) is 26.7 Å². The van der Waals surface area contributed by atoms with Crippen LogP contribution in [-0.4, -0.2) is 37.7 Å². The second-order valence-electron chi connectivity index (χ2n) is 4.85. The molecular weight excluding hydrogens is 242 g/mol. The van der Waals surface area contributed by atoms with E-state index in [1.54, 1.807) is 7.11 Å². The van der Waals surface area contributed by atoms with Gasteiger partial charge in [-0.1, -0.05) is 12.1 Å². The van der Waals surface area contributed by atoms with E-state index in [4.69, 9.17) is 10.5 Å². The fourth-order valence-electron chi connectivity index (χ4n) is 2.28.